The van der Waals surface area contributed by atoms with E-state index < -0.39 is 6.10 Å². The summed E-state index contributed by atoms with van der Waals surface area (Å²) in [7, 11) is 0. The second kappa shape index (κ2) is 7.59. The van der Waals surface area contributed by atoms with Gasteiger partial charge in [0, 0.05) is 31.9 Å². The molecule has 1 amide bonds. The minimum absolute atomic E-state index is 0.121. The Bertz CT molecular complexity index is 698. The fourth-order valence-corrected chi connectivity index (χ4v) is 3.10. The Balaban J connectivity index is 1.41. The summed E-state index contributed by atoms with van der Waals surface area (Å²) < 4.78 is 0. The van der Waals surface area contributed by atoms with Crippen LogP contribution in [0, 0.1) is 6.92 Å². The van der Waals surface area contributed by atoms with Crippen molar-refractivity contribution in [1.82, 2.24) is 20.4 Å². The van der Waals surface area contributed by atoms with E-state index in [1.807, 2.05) is 13.0 Å². The van der Waals surface area contributed by atoms with Gasteiger partial charge in [-0.25, -0.2) is 0 Å². The molecule has 0 aliphatic carbocycles. The van der Waals surface area contributed by atoms with Crippen LogP contribution in [0.4, 0.5) is 0 Å². The number of carbonyl (C=O) groups is 1. The Hall–Kier alpha value is -2.18. The number of aliphatic hydroxyl groups is 1. The molecule has 1 aliphatic rings. The summed E-state index contributed by atoms with van der Waals surface area (Å²) >= 11 is 0. The third-order valence-electron chi connectivity index (χ3n) is 4.31. The number of benzene rings is 1. The van der Waals surface area contributed by atoms with E-state index in [2.05, 4.69) is 44.7 Å². The van der Waals surface area contributed by atoms with Crippen LogP contribution in [0.1, 0.15) is 22.5 Å². The highest BCUT2D eigenvalue weighted by Gasteiger charge is 2.18. The zero-order chi connectivity index (χ0) is 16.9. The van der Waals surface area contributed by atoms with Crippen molar-refractivity contribution >= 4 is 5.91 Å². The third kappa shape index (κ3) is 4.43. The van der Waals surface area contributed by atoms with Gasteiger partial charge in [-0.05, 0) is 30.5 Å². The van der Waals surface area contributed by atoms with Crippen LogP contribution >= 0.6 is 0 Å². The largest absolute Gasteiger partial charge is 0.390 e. The molecule has 0 saturated carbocycles. The molecule has 0 spiro atoms. The Labute approximate surface area is 141 Å². The van der Waals surface area contributed by atoms with Crippen molar-refractivity contribution in [3.8, 4) is 0 Å². The lowest BCUT2D eigenvalue weighted by Crippen LogP contribution is -2.42. The van der Waals surface area contributed by atoms with Gasteiger partial charge in [0.15, 0.2) is 0 Å². The number of rotatable bonds is 6. The zero-order valence-electron chi connectivity index (χ0n) is 14.0. The highest BCUT2D eigenvalue weighted by atomic mass is 16.3. The molecule has 128 valence electrons. The lowest BCUT2D eigenvalue weighted by Gasteiger charge is -2.30. The number of fused-ring (bicyclic) bond motifs is 1. The van der Waals surface area contributed by atoms with Crippen LogP contribution in [0.15, 0.2) is 30.3 Å². The number of hydrogen-bond donors (Lipinski definition) is 3. The van der Waals surface area contributed by atoms with Gasteiger partial charge in [-0.3, -0.25) is 14.8 Å². The van der Waals surface area contributed by atoms with Gasteiger partial charge in [0.05, 0.1) is 18.2 Å². The quantitative estimate of drug-likeness (QED) is 0.732. The van der Waals surface area contributed by atoms with Crippen molar-refractivity contribution in [3.63, 3.8) is 0 Å². The highest BCUT2D eigenvalue weighted by molar-refractivity contribution is 5.78. The van der Waals surface area contributed by atoms with E-state index in [4.69, 9.17) is 0 Å². The predicted molar refractivity (Wildman–Crippen MR) is 91.5 cm³/mol. The van der Waals surface area contributed by atoms with Gasteiger partial charge in [0.25, 0.3) is 0 Å². The zero-order valence-corrected chi connectivity index (χ0v) is 14.0. The first-order chi connectivity index (χ1) is 11.6. The van der Waals surface area contributed by atoms with Crippen LogP contribution in [-0.4, -0.2) is 51.8 Å². The second-order valence-electron chi connectivity index (χ2n) is 6.43. The number of carbonyl (C=O) groups excluding carboxylic acids is 1. The van der Waals surface area contributed by atoms with Crippen LogP contribution in [-0.2, 0) is 24.2 Å². The molecule has 6 heteroatoms. The van der Waals surface area contributed by atoms with Crippen LogP contribution in [0.25, 0.3) is 0 Å². The molecular weight excluding hydrogens is 304 g/mol. The van der Waals surface area contributed by atoms with Gasteiger partial charge in [-0.15, -0.1) is 0 Å². The van der Waals surface area contributed by atoms with Crippen LogP contribution in [0.5, 0.6) is 0 Å². The molecule has 0 unspecified atom stereocenters. The van der Waals surface area contributed by atoms with Gasteiger partial charge < -0.3 is 10.4 Å². The molecule has 1 aromatic carbocycles. The normalized spacial score (nSPS) is 15.8. The molecule has 1 atom stereocenters. The maximum Gasteiger partial charge on any atom is 0.226 e. The van der Waals surface area contributed by atoms with Crippen LogP contribution in [0.2, 0.25) is 0 Å². The predicted octanol–water partition coefficient (Wildman–Crippen LogP) is 0.796. The second-order valence-corrected chi connectivity index (χ2v) is 6.43. The molecule has 0 bridgehead atoms. The first kappa shape index (κ1) is 16.7. The van der Waals surface area contributed by atoms with Gasteiger partial charge in [0.2, 0.25) is 5.91 Å². The van der Waals surface area contributed by atoms with E-state index in [1.165, 1.54) is 11.1 Å². The van der Waals surface area contributed by atoms with Crippen molar-refractivity contribution in [2.45, 2.75) is 32.4 Å². The minimum Gasteiger partial charge on any atom is -0.390 e. The molecule has 24 heavy (non-hydrogen) atoms. The molecule has 1 aliphatic heterocycles. The van der Waals surface area contributed by atoms with Gasteiger partial charge >= 0.3 is 0 Å². The van der Waals surface area contributed by atoms with Gasteiger partial charge in [-0.2, -0.15) is 5.10 Å². The number of hydrogen-bond acceptors (Lipinski definition) is 4. The SMILES string of the molecule is Cc1cc(CC(=O)NC[C@H](O)CN2CCc3ccccc3C2)n[nH]1. The number of aromatic amines is 1. The number of nitrogens with one attached hydrogen (secondary N) is 2. The monoisotopic (exact) mass is 328 g/mol. The first-order valence-electron chi connectivity index (χ1n) is 8.35. The fourth-order valence-electron chi connectivity index (χ4n) is 3.10. The Morgan fingerprint density at radius 3 is 2.96 bits per heavy atom. The van der Waals surface area contributed by atoms with Crippen molar-refractivity contribution in [2.24, 2.45) is 0 Å². The number of aliphatic hydroxyl groups excluding tert-OH is 1. The van der Waals surface area contributed by atoms with E-state index >= 15 is 0 Å². The smallest absolute Gasteiger partial charge is 0.226 e. The average Bonchev–Trinajstić information content (AvgIpc) is 2.98. The molecule has 0 radical (unpaired) electrons. The summed E-state index contributed by atoms with van der Waals surface area (Å²) in [6.45, 7) is 4.52. The average molecular weight is 328 g/mol. The molecule has 1 aromatic heterocycles. The molecule has 0 saturated heterocycles. The molecule has 2 aromatic rings. The van der Waals surface area contributed by atoms with Gasteiger partial charge in [0.1, 0.15) is 0 Å². The summed E-state index contributed by atoms with van der Waals surface area (Å²) in [5, 5.41) is 19.8. The van der Waals surface area contributed by atoms with Crippen molar-refractivity contribution < 1.29 is 9.90 Å². The van der Waals surface area contributed by atoms with E-state index in [1.54, 1.807) is 0 Å². The van der Waals surface area contributed by atoms with E-state index in [-0.39, 0.29) is 18.9 Å². The topological polar surface area (TPSA) is 81.2 Å². The summed E-state index contributed by atoms with van der Waals surface area (Å²) in [4.78, 5) is 14.1. The number of aromatic nitrogens is 2. The number of nitrogens with zero attached hydrogens (tertiary/aromatic N) is 2. The Morgan fingerprint density at radius 2 is 2.21 bits per heavy atom. The summed E-state index contributed by atoms with van der Waals surface area (Å²) in [6, 6.07) is 10.3. The number of H-pyrrole nitrogens is 1. The van der Waals surface area contributed by atoms with Crippen LogP contribution in [0.3, 0.4) is 0 Å². The highest BCUT2D eigenvalue weighted by Crippen LogP contribution is 2.18. The third-order valence-corrected chi connectivity index (χ3v) is 4.31. The van der Waals surface area contributed by atoms with E-state index in [0.717, 1.165) is 25.2 Å². The Kier molecular flexibility index (Phi) is 5.27. The fraction of sp³-hybridized carbons (Fsp3) is 0.444. The number of β-amino-alcohol motifs (C(OH)–C–C–N with tert-alkyl or cyclic N) is 1. The van der Waals surface area contributed by atoms with Crippen molar-refractivity contribution in [1.29, 1.82) is 0 Å². The molecule has 3 rings (SSSR count). The number of amides is 1. The van der Waals surface area contributed by atoms with Crippen molar-refractivity contribution in [2.75, 3.05) is 19.6 Å². The maximum atomic E-state index is 11.9. The Morgan fingerprint density at radius 1 is 1.42 bits per heavy atom. The lowest BCUT2D eigenvalue weighted by atomic mass is 10.00. The summed E-state index contributed by atoms with van der Waals surface area (Å²) in [6.07, 6.45) is 0.669. The summed E-state index contributed by atoms with van der Waals surface area (Å²) in [5.74, 6) is -0.121. The maximum absolute atomic E-state index is 11.9. The first-order valence-corrected chi connectivity index (χ1v) is 8.35. The summed E-state index contributed by atoms with van der Waals surface area (Å²) in [5.41, 5.74) is 4.37. The van der Waals surface area contributed by atoms with Gasteiger partial charge in [-0.1, -0.05) is 24.3 Å². The molecule has 3 N–H and O–H groups in total. The van der Waals surface area contributed by atoms with E-state index in [9.17, 15) is 9.90 Å². The molecular formula is C18H24N4O2. The molecule has 0 fully saturated rings. The molecule has 6 nitrogen and oxygen atoms in total. The van der Waals surface area contributed by atoms with E-state index in [0.29, 0.717) is 12.2 Å². The van der Waals surface area contributed by atoms with Crippen molar-refractivity contribution in [3.05, 3.63) is 52.8 Å². The lowest BCUT2D eigenvalue weighted by molar-refractivity contribution is -0.121. The molecule has 2 heterocycles. The van der Waals surface area contributed by atoms with Crippen LogP contribution < -0.4 is 5.32 Å². The standard InChI is InChI=1S/C18H24N4O2/c1-13-8-16(21-20-13)9-18(24)19-10-17(23)12-22-7-6-14-4-2-3-5-15(14)11-22/h2-5,8,17,23H,6-7,9-12H2,1H3,(H,19,24)(H,20,21)/t17-/m0/s1. The number of aryl methyl sites for hydroxylation is 1. The minimum atomic E-state index is -0.569.